The minimum absolute atomic E-state index is 0.0930. The van der Waals surface area contributed by atoms with Crippen LogP contribution in [0.1, 0.15) is 41.8 Å². The molecule has 2 aromatic rings. The maximum atomic E-state index is 12.2. The summed E-state index contributed by atoms with van der Waals surface area (Å²) in [5.74, 6) is -0.0930. The Hall–Kier alpha value is -2.11. The van der Waals surface area contributed by atoms with Crippen LogP contribution in [0, 0.1) is 13.8 Å². The molecule has 138 valence electrons. The maximum absolute atomic E-state index is 12.2. The number of halogens is 1. The minimum atomic E-state index is -0.0930. The molecule has 2 heterocycles. The standard InChI is InChI=1S/C20H25ClN4O/c1-15-18(10-11-20(26)23-24-12-6-3-7-13-24)16(2)25(22-15)14-17-8-4-5-9-19(17)21/h4-5,8-11H,3,6-7,12-14H2,1-2H3,(H,23,26)/b11-10+. The van der Waals surface area contributed by atoms with Crippen LogP contribution in [0.3, 0.4) is 0 Å². The Labute approximate surface area is 159 Å². The minimum Gasteiger partial charge on any atom is -0.285 e. The van der Waals surface area contributed by atoms with Crippen molar-refractivity contribution in [2.45, 2.75) is 39.7 Å². The first-order valence-corrected chi connectivity index (χ1v) is 9.43. The molecule has 0 atom stereocenters. The predicted octanol–water partition coefficient (Wildman–Crippen LogP) is 3.73. The van der Waals surface area contributed by atoms with Crippen LogP contribution < -0.4 is 5.43 Å². The molecule has 26 heavy (non-hydrogen) atoms. The number of nitrogens with one attached hydrogen (secondary N) is 1. The van der Waals surface area contributed by atoms with Gasteiger partial charge in [-0.05, 0) is 44.4 Å². The number of hydrogen-bond acceptors (Lipinski definition) is 3. The summed E-state index contributed by atoms with van der Waals surface area (Å²) in [4.78, 5) is 12.2. The number of aryl methyl sites for hydroxylation is 1. The Balaban J connectivity index is 1.69. The average Bonchev–Trinajstić information content (AvgIpc) is 2.89. The summed E-state index contributed by atoms with van der Waals surface area (Å²) < 4.78 is 1.93. The molecule has 1 fully saturated rings. The second-order valence-corrected chi connectivity index (χ2v) is 7.10. The van der Waals surface area contributed by atoms with Crippen molar-refractivity contribution in [3.05, 3.63) is 57.9 Å². The second kappa shape index (κ2) is 8.52. The molecular formula is C20H25ClN4O. The predicted molar refractivity (Wildman–Crippen MR) is 105 cm³/mol. The van der Waals surface area contributed by atoms with Crippen LogP contribution in [0.15, 0.2) is 30.3 Å². The van der Waals surface area contributed by atoms with Crippen molar-refractivity contribution < 1.29 is 4.79 Å². The third-order valence-corrected chi connectivity index (χ3v) is 5.11. The fraction of sp³-hybridized carbons (Fsp3) is 0.400. The van der Waals surface area contributed by atoms with Crippen LogP contribution >= 0.6 is 11.6 Å². The Morgan fingerprint density at radius 3 is 2.69 bits per heavy atom. The fourth-order valence-corrected chi connectivity index (χ4v) is 3.45. The Morgan fingerprint density at radius 2 is 1.96 bits per heavy atom. The first-order chi connectivity index (χ1) is 12.5. The number of carbonyl (C=O) groups excluding carboxylic acids is 1. The van der Waals surface area contributed by atoms with Crippen molar-refractivity contribution in [3.8, 4) is 0 Å². The van der Waals surface area contributed by atoms with Crippen LogP contribution in [0.5, 0.6) is 0 Å². The van der Waals surface area contributed by atoms with Gasteiger partial charge in [-0.1, -0.05) is 36.2 Å². The van der Waals surface area contributed by atoms with Crippen LogP contribution in [0.25, 0.3) is 6.08 Å². The first-order valence-electron chi connectivity index (χ1n) is 9.05. The molecule has 5 nitrogen and oxygen atoms in total. The summed E-state index contributed by atoms with van der Waals surface area (Å²) in [5.41, 5.74) is 6.87. The SMILES string of the molecule is Cc1nn(Cc2ccccc2Cl)c(C)c1/C=C/C(=O)NN1CCCCC1. The molecule has 1 amide bonds. The summed E-state index contributed by atoms with van der Waals surface area (Å²) in [5, 5.41) is 7.34. The Bertz CT molecular complexity index is 806. The summed E-state index contributed by atoms with van der Waals surface area (Å²) in [6.07, 6.45) is 6.95. The number of hydrazine groups is 1. The van der Waals surface area contributed by atoms with Gasteiger partial charge in [0, 0.05) is 35.4 Å². The molecule has 0 radical (unpaired) electrons. The van der Waals surface area contributed by atoms with Crippen LogP contribution in [-0.2, 0) is 11.3 Å². The number of rotatable bonds is 5. The van der Waals surface area contributed by atoms with Gasteiger partial charge < -0.3 is 0 Å². The van der Waals surface area contributed by atoms with Gasteiger partial charge in [0.1, 0.15) is 0 Å². The van der Waals surface area contributed by atoms with Gasteiger partial charge in [-0.25, -0.2) is 5.01 Å². The zero-order valence-electron chi connectivity index (χ0n) is 15.3. The zero-order valence-corrected chi connectivity index (χ0v) is 16.1. The van der Waals surface area contributed by atoms with Crippen molar-refractivity contribution in [3.63, 3.8) is 0 Å². The van der Waals surface area contributed by atoms with E-state index in [0.717, 1.165) is 53.5 Å². The average molecular weight is 373 g/mol. The van der Waals surface area contributed by atoms with E-state index in [-0.39, 0.29) is 5.91 Å². The normalized spacial score (nSPS) is 15.5. The van der Waals surface area contributed by atoms with Crippen LogP contribution in [0.4, 0.5) is 0 Å². The van der Waals surface area contributed by atoms with E-state index in [4.69, 9.17) is 11.6 Å². The fourth-order valence-electron chi connectivity index (χ4n) is 3.25. The highest BCUT2D eigenvalue weighted by molar-refractivity contribution is 6.31. The smallest absolute Gasteiger partial charge is 0.258 e. The third-order valence-electron chi connectivity index (χ3n) is 4.74. The highest BCUT2D eigenvalue weighted by atomic mass is 35.5. The summed E-state index contributed by atoms with van der Waals surface area (Å²) in [6.45, 7) is 6.43. The molecule has 1 aromatic heterocycles. The maximum Gasteiger partial charge on any atom is 0.258 e. The number of nitrogens with zero attached hydrogens (tertiary/aromatic N) is 3. The van der Waals surface area contributed by atoms with E-state index in [0.29, 0.717) is 6.54 Å². The molecule has 1 N–H and O–H groups in total. The monoisotopic (exact) mass is 372 g/mol. The van der Waals surface area contributed by atoms with E-state index in [9.17, 15) is 4.79 Å². The van der Waals surface area contributed by atoms with Gasteiger partial charge in [-0.15, -0.1) is 0 Å². The number of hydrogen-bond donors (Lipinski definition) is 1. The van der Waals surface area contributed by atoms with Gasteiger partial charge in [0.2, 0.25) is 0 Å². The van der Waals surface area contributed by atoms with E-state index in [1.54, 1.807) is 6.08 Å². The molecule has 0 bridgehead atoms. The molecule has 6 heteroatoms. The van der Waals surface area contributed by atoms with Gasteiger partial charge in [-0.3, -0.25) is 14.9 Å². The molecule has 0 spiro atoms. The van der Waals surface area contributed by atoms with E-state index in [2.05, 4.69) is 10.5 Å². The van der Waals surface area contributed by atoms with E-state index in [1.807, 2.05) is 53.9 Å². The molecular weight excluding hydrogens is 348 g/mol. The lowest BCUT2D eigenvalue weighted by molar-refractivity contribution is -0.121. The van der Waals surface area contributed by atoms with Crippen molar-refractivity contribution >= 4 is 23.6 Å². The van der Waals surface area contributed by atoms with Gasteiger partial charge >= 0.3 is 0 Å². The van der Waals surface area contributed by atoms with Crippen LogP contribution in [-0.4, -0.2) is 33.8 Å². The number of amides is 1. The lowest BCUT2D eigenvalue weighted by Crippen LogP contribution is -2.44. The summed E-state index contributed by atoms with van der Waals surface area (Å²) in [6, 6.07) is 7.77. The van der Waals surface area contributed by atoms with Crippen LogP contribution in [0.2, 0.25) is 5.02 Å². The molecule has 0 aliphatic carbocycles. The van der Waals surface area contributed by atoms with E-state index < -0.39 is 0 Å². The zero-order chi connectivity index (χ0) is 18.5. The molecule has 0 unspecified atom stereocenters. The van der Waals surface area contributed by atoms with Crippen molar-refractivity contribution in [2.75, 3.05) is 13.1 Å². The molecule has 0 saturated carbocycles. The largest absolute Gasteiger partial charge is 0.285 e. The number of benzene rings is 1. The van der Waals surface area contributed by atoms with Crippen molar-refractivity contribution in [1.82, 2.24) is 20.2 Å². The molecule has 1 saturated heterocycles. The topological polar surface area (TPSA) is 50.2 Å². The highest BCUT2D eigenvalue weighted by Gasteiger charge is 2.13. The quantitative estimate of drug-likeness (QED) is 0.813. The van der Waals surface area contributed by atoms with E-state index in [1.165, 1.54) is 6.42 Å². The summed E-state index contributed by atoms with van der Waals surface area (Å²) in [7, 11) is 0. The summed E-state index contributed by atoms with van der Waals surface area (Å²) >= 11 is 6.26. The van der Waals surface area contributed by atoms with Crippen molar-refractivity contribution in [1.29, 1.82) is 0 Å². The van der Waals surface area contributed by atoms with Gasteiger partial charge in [0.25, 0.3) is 5.91 Å². The Morgan fingerprint density at radius 1 is 1.23 bits per heavy atom. The first kappa shape index (κ1) is 18.7. The third kappa shape index (κ3) is 4.54. The lowest BCUT2D eigenvalue weighted by atomic mass is 10.1. The second-order valence-electron chi connectivity index (χ2n) is 6.69. The van der Waals surface area contributed by atoms with E-state index >= 15 is 0 Å². The van der Waals surface area contributed by atoms with Crippen molar-refractivity contribution in [2.24, 2.45) is 0 Å². The van der Waals surface area contributed by atoms with Gasteiger partial charge in [-0.2, -0.15) is 5.10 Å². The Kier molecular flexibility index (Phi) is 6.12. The van der Waals surface area contributed by atoms with Gasteiger partial charge in [0.05, 0.1) is 12.2 Å². The molecule has 1 aliphatic heterocycles. The lowest BCUT2D eigenvalue weighted by Gasteiger charge is -2.26. The molecule has 1 aromatic carbocycles. The van der Waals surface area contributed by atoms with Gasteiger partial charge in [0.15, 0.2) is 0 Å². The number of piperidine rings is 1. The molecule has 1 aliphatic rings. The number of carbonyl (C=O) groups is 1. The highest BCUT2D eigenvalue weighted by Crippen LogP contribution is 2.20. The number of aromatic nitrogens is 2. The molecule has 3 rings (SSSR count).